The maximum Gasteiger partial charge on any atom is 0.292 e. The first-order valence-corrected chi connectivity index (χ1v) is 12.1. The monoisotopic (exact) mass is 519 g/mol. The number of halogens is 1. The molecule has 38 heavy (non-hydrogen) atoms. The number of aromatic nitrogens is 5. The molecule has 3 heterocycles. The number of hydrazone groups is 1. The van der Waals surface area contributed by atoms with Gasteiger partial charge in [0.05, 0.1) is 6.21 Å². The molecule has 1 aliphatic heterocycles. The zero-order valence-electron chi connectivity index (χ0n) is 20.5. The van der Waals surface area contributed by atoms with Gasteiger partial charge in [-0.1, -0.05) is 29.8 Å². The van der Waals surface area contributed by atoms with E-state index in [-0.39, 0.29) is 29.8 Å². The van der Waals surface area contributed by atoms with E-state index in [4.69, 9.17) is 10.5 Å². The molecule has 3 N–H and O–H groups in total. The smallest absolute Gasteiger partial charge is 0.292 e. The quantitative estimate of drug-likeness (QED) is 0.251. The van der Waals surface area contributed by atoms with Crippen molar-refractivity contribution in [1.82, 2.24) is 35.6 Å². The molecule has 12 nitrogen and oxygen atoms in total. The topological polar surface area (TPSA) is 150 Å². The van der Waals surface area contributed by atoms with Crippen LogP contribution in [-0.4, -0.2) is 55.4 Å². The van der Waals surface area contributed by atoms with Crippen molar-refractivity contribution in [3.63, 3.8) is 0 Å². The second-order valence-electron chi connectivity index (χ2n) is 8.75. The van der Waals surface area contributed by atoms with Crippen molar-refractivity contribution in [2.45, 2.75) is 32.4 Å². The zero-order chi connectivity index (χ0) is 26.3. The van der Waals surface area contributed by atoms with Crippen LogP contribution in [0.3, 0.4) is 0 Å². The van der Waals surface area contributed by atoms with Gasteiger partial charge in [0.15, 0.2) is 5.69 Å². The molecule has 0 radical (unpaired) electrons. The van der Waals surface area contributed by atoms with Gasteiger partial charge in [0.2, 0.25) is 11.6 Å². The fraction of sp³-hybridized carbons (Fsp3) is 0.280. The number of ether oxygens (including phenoxy) is 1. The summed E-state index contributed by atoms with van der Waals surface area (Å²) < 4.78 is 25.3. The van der Waals surface area contributed by atoms with E-state index < -0.39 is 5.91 Å². The molecule has 0 saturated carbocycles. The first-order chi connectivity index (χ1) is 18.6. The Morgan fingerprint density at radius 2 is 1.92 bits per heavy atom. The molecule has 196 valence electrons. The number of likely N-dealkylation sites (tertiary alicyclic amines) is 1. The molecule has 0 spiro atoms. The molecule has 5 rings (SSSR count). The molecule has 0 aliphatic carbocycles. The van der Waals surface area contributed by atoms with Gasteiger partial charge in [-0.25, -0.2) is 14.4 Å². The number of benzene rings is 2. The Morgan fingerprint density at radius 3 is 2.66 bits per heavy atom. The Kier molecular flexibility index (Phi) is 7.64. The third-order valence-corrected chi connectivity index (χ3v) is 6.09. The standard InChI is InChI=1S/C25H26FN9O3/c26-20-7-3-2-6-18(20)16-37-19-10-8-17(9-11-19)14-28-30-25(36)22-21(15-34-12-4-1-5-13-34)29-33-35(22)24-23(27)31-38-32-24/h2-3,6-11,14H,1,4-5,12-13,15-16H2,(H2,27,31)(H,30,36)/b28-14-. The van der Waals surface area contributed by atoms with Crippen LogP contribution in [0, 0.1) is 5.82 Å². The third-order valence-electron chi connectivity index (χ3n) is 6.09. The summed E-state index contributed by atoms with van der Waals surface area (Å²) in [5, 5.41) is 19.7. The number of anilines is 1. The predicted octanol–water partition coefficient (Wildman–Crippen LogP) is 2.70. The van der Waals surface area contributed by atoms with E-state index in [1.165, 1.54) is 23.4 Å². The molecule has 13 heteroatoms. The largest absolute Gasteiger partial charge is 0.489 e. The van der Waals surface area contributed by atoms with Crippen LogP contribution in [0.1, 0.15) is 46.6 Å². The summed E-state index contributed by atoms with van der Waals surface area (Å²) in [6.45, 7) is 2.40. The number of nitrogen functional groups attached to an aromatic ring is 1. The van der Waals surface area contributed by atoms with Crippen LogP contribution >= 0.6 is 0 Å². The lowest BCUT2D eigenvalue weighted by atomic mass is 10.1. The van der Waals surface area contributed by atoms with Crippen molar-refractivity contribution in [2.24, 2.45) is 5.10 Å². The van der Waals surface area contributed by atoms with Crippen LogP contribution in [0.25, 0.3) is 5.82 Å². The number of carbonyl (C=O) groups is 1. The second-order valence-corrected chi connectivity index (χ2v) is 8.75. The average molecular weight is 520 g/mol. The molecule has 0 unspecified atom stereocenters. The van der Waals surface area contributed by atoms with Crippen molar-refractivity contribution >= 4 is 17.9 Å². The highest BCUT2D eigenvalue weighted by molar-refractivity contribution is 5.95. The molecule has 1 aliphatic rings. The highest BCUT2D eigenvalue weighted by Gasteiger charge is 2.26. The number of nitrogens with one attached hydrogen (secondary N) is 1. The van der Waals surface area contributed by atoms with E-state index in [0.717, 1.165) is 25.9 Å². The van der Waals surface area contributed by atoms with Gasteiger partial charge < -0.3 is 10.5 Å². The number of piperidine rings is 1. The SMILES string of the molecule is Nc1nonc1-n1nnc(CN2CCCCC2)c1C(=O)N/N=C\c1ccc(OCc2ccccc2F)cc1. The molecule has 2 aromatic carbocycles. The molecular weight excluding hydrogens is 493 g/mol. The van der Waals surface area contributed by atoms with Crippen molar-refractivity contribution < 1.29 is 18.6 Å². The van der Waals surface area contributed by atoms with Crippen molar-refractivity contribution in [3.05, 3.63) is 76.9 Å². The van der Waals surface area contributed by atoms with E-state index in [2.05, 4.69) is 40.7 Å². The predicted molar refractivity (Wildman–Crippen MR) is 135 cm³/mol. The second kappa shape index (κ2) is 11.6. The van der Waals surface area contributed by atoms with Crippen molar-refractivity contribution in [1.29, 1.82) is 0 Å². The molecular formula is C25H26FN9O3. The first kappa shape index (κ1) is 25.0. The van der Waals surface area contributed by atoms with Crippen LogP contribution in [-0.2, 0) is 13.2 Å². The Balaban J connectivity index is 1.26. The fourth-order valence-electron chi connectivity index (χ4n) is 4.11. The molecule has 0 bridgehead atoms. The maximum atomic E-state index is 13.8. The summed E-state index contributed by atoms with van der Waals surface area (Å²) >= 11 is 0. The van der Waals surface area contributed by atoms with Gasteiger partial charge in [-0.2, -0.15) is 9.78 Å². The van der Waals surface area contributed by atoms with Crippen LogP contribution in [0.15, 0.2) is 58.3 Å². The number of amides is 1. The number of carbonyl (C=O) groups excluding carboxylic acids is 1. The first-order valence-electron chi connectivity index (χ1n) is 12.1. The number of nitrogens with two attached hydrogens (primary N) is 1. The Bertz CT molecular complexity index is 1410. The lowest BCUT2D eigenvalue weighted by Gasteiger charge is -2.25. The van der Waals surface area contributed by atoms with E-state index in [0.29, 0.717) is 29.1 Å². The van der Waals surface area contributed by atoms with Crippen LogP contribution in [0.5, 0.6) is 5.75 Å². The Hall–Kier alpha value is -4.65. The molecule has 2 aromatic heterocycles. The summed E-state index contributed by atoms with van der Waals surface area (Å²) in [5.74, 6) is -0.224. The molecule has 0 atom stereocenters. The molecule has 4 aromatic rings. The Morgan fingerprint density at radius 1 is 1.13 bits per heavy atom. The highest BCUT2D eigenvalue weighted by Crippen LogP contribution is 2.19. The van der Waals surface area contributed by atoms with E-state index >= 15 is 0 Å². The van der Waals surface area contributed by atoms with Crippen LogP contribution in [0.2, 0.25) is 0 Å². The lowest BCUT2D eigenvalue weighted by Crippen LogP contribution is -2.31. The number of rotatable bonds is 9. The zero-order valence-corrected chi connectivity index (χ0v) is 20.5. The number of nitrogens with zero attached hydrogens (tertiary/aromatic N) is 7. The highest BCUT2D eigenvalue weighted by atomic mass is 19.1. The summed E-state index contributed by atoms with van der Waals surface area (Å²) in [7, 11) is 0. The van der Waals surface area contributed by atoms with Gasteiger partial charge in [0.25, 0.3) is 5.91 Å². The third kappa shape index (κ3) is 5.83. The minimum Gasteiger partial charge on any atom is -0.489 e. The van der Waals surface area contributed by atoms with Gasteiger partial charge in [-0.3, -0.25) is 9.69 Å². The van der Waals surface area contributed by atoms with Gasteiger partial charge in [-0.05, 0) is 72.1 Å². The van der Waals surface area contributed by atoms with Gasteiger partial charge >= 0.3 is 0 Å². The molecule has 1 fully saturated rings. The van der Waals surface area contributed by atoms with Crippen LogP contribution in [0.4, 0.5) is 10.2 Å². The minimum absolute atomic E-state index is 0.0192. The maximum absolute atomic E-state index is 13.8. The average Bonchev–Trinajstić information content (AvgIpc) is 3.55. The van der Waals surface area contributed by atoms with Crippen molar-refractivity contribution in [3.8, 4) is 11.6 Å². The fourth-order valence-corrected chi connectivity index (χ4v) is 4.11. The summed E-state index contributed by atoms with van der Waals surface area (Å²) in [4.78, 5) is 15.4. The van der Waals surface area contributed by atoms with Gasteiger partial charge in [0.1, 0.15) is 23.9 Å². The Labute approximate surface area is 217 Å². The summed E-state index contributed by atoms with van der Waals surface area (Å²) in [6, 6.07) is 13.5. The normalized spacial score (nSPS) is 14.1. The molecule has 1 saturated heterocycles. The van der Waals surface area contributed by atoms with Crippen molar-refractivity contribution in [2.75, 3.05) is 18.8 Å². The molecule has 1 amide bonds. The number of hydrogen-bond donors (Lipinski definition) is 2. The minimum atomic E-state index is -0.537. The van der Waals surface area contributed by atoms with Gasteiger partial charge in [0, 0.05) is 12.1 Å². The van der Waals surface area contributed by atoms with E-state index in [1.807, 2.05) is 0 Å². The summed E-state index contributed by atoms with van der Waals surface area (Å²) in [5.41, 5.74) is 10.2. The van der Waals surface area contributed by atoms with Crippen LogP contribution < -0.4 is 15.9 Å². The summed E-state index contributed by atoms with van der Waals surface area (Å²) in [6.07, 6.45) is 4.86. The van der Waals surface area contributed by atoms with E-state index in [9.17, 15) is 9.18 Å². The lowest BCUT2D eigenvalue weighted by molar-refractivity contribution is 0.0944. The van der Waals surface area contributed by atoms with E-state index in [1.54, 1.807) is 42.5 Å². The number of hydrogen-bond acceptors (Lipinski definition) is 10. The van der Waals surface area contributed by atoms with Gasteiger partial charge in [-0.15, -0.1) is 5.10 Å².